The maximum Gasteiger partial charge on any atom is 0.332 e. The molecule has 0 atom stereocenters. The Morgan fingerprint density at radius 3 is 2.31 bits per heavy atom. The number of hydrogen-bond acceptors (Lipinski definition) is 3. The zero-order valence-corrected chi connectivity index (χ0v) is 17.6. The summed E-state index contributed by atoms with van der Waals surface area (Å²) < 4.78 is 6.38. The standard InChI is InChI=1S/C25H19N5O2/c1-27-22-21(23(31)28(2)25(27)32)29-15-20(17-10-4-3-5-11-17)30(24(29)26-22)19-14-8-12-16-9-6-7-13-18(16)19/h3-15H,1-2H3. The molecule has 0 bridgehead atoms. The molecular weight excluding hydrogens is 402 g/mol. The first kappa shape index (κ1) is 18.4. The van der Waals surface area contributed by atoms with Crippen molar-refractivity contribution in [2.75, 3.05) is 0 Å². The first-order valence-electron chi connectivity index (χ1n) is 10.3. The van der Waals surface area contributed by atoms with Gasteiger partial charge in [0.1, 0.15) is 0 Å². The van der Waals surface area contributed by atoms with E-state index in [1.54, 1.807) is 11.4 Å². The van der Waals surface area contributed by atoms with Crippen molar-refractivity contribution in [2.24, 2.45) is 14.1 Å². The zero-order chi connectivity index (χ0) is 22.0. The Morgan fingerprint density at radius 1 is 0.781 bits per heavy atom. The van der Waals surface area contributed by atoms with Crippen molar-refractivity contribution in [3.8, 4) is 16.9 Å². The minimum Gasteiger partial charge on any atom is -0.279 e. The summed E-state index contributed by atoms with van der Waals surface area (Å²) in [5.74, 6) is 0.577. The Balaban J connectivity index is 1.84. The molecule has 0 aliphatic carbocycles. The topological polar surface area (TPSA) is 66.2 Å². The smallest absolute Gasteiger partial charge is 0.279 e. The summed E-state index contributed by atoms with van der Waals surface area (Å²) in [6.45, 7) is 0. The van der Waals surface area contributed by atoms with Crippen LogP contribution in [0.15, 0.2) is 88.6 Å². The van der Waals surface area contributed by atoms with E-state index in [4.69, 9.17) is 4.98 Å². The molecule has 3 aromatic carbocycles. The van der Waals surface area contributed by atoms with Gasteiger partial charge in [0, 0.05) is 31.2 Å². The number of fused-ring (bicyclic) bond motifs is 4. The van der Waals surface area contributed by atoms with Crippen LogP contribution >= 0.6 is 0 Å². The molecule has 0 aliphatic rings. The van der Waals surface area contributed by atoms with Crippen LogP contribution in [-0.2, 0) is 14.1 Å². The van der Waals surface area contributed by atoms with Gasteiger partial charge in [0.2, 0.25) is 5.78 Å². The van der Waals surface area contributed by atoms with Crippen LogP contribution in [0.3, 0.4) is 0 Å². The molecule has 0 saturated heterocycles. The Kier molecular flexibility index (Phi) is 3.76. The monoisotopic (exact) mass is 421 g/mol. The second-order valence-corrected chi connectivity index (χ2v) is 7.87. The van der Waals surface area contributed by atoms with Gasteiger partial charge in [-0.05, 0) is 11.5 Å². The fourth-order valence-corrected chi connectivity index (χ4v) is 4.42. The molecular formula is C25H19N5O2. The number of nitrogens with zero attached hydrogens (tertiary/aromatic N) is 5. The normalized spacial score (nSPS) is 11.7. The molecule has 0 fully saturated rings. The second kappa shape index (κ2) is 6.55. The van der Waals surface area contributed by atoms with Crippen LogP contribution in [0.1, 0.15) is 0 Å². The number of rotatable bonds is 2. The number of benzene rings is 3. The van der Waals surface area contributed by atoms with E-state index >= 15 is 0 Å². The molecule has 3 heterocycles. The summed E-state index contributed by atoms with van der Waals surface area (Å²) in [6.07, 6.45) is 1.92. The van der Waals surface area contributed by atoms with E-state index in [9.17, 15) is 9.59 Å². The van der Waals surface area contributed by atoms with Crippen molar-refractivity contribution >= 4 is 27.7 Å². The van der Waals surface area contributed by atoms with Gasteiger partial charge in [0.15, 0.2) is 11.2 Å². The predicted octanol–water partition coefficient (Wildman–Crippen LogP) is 3.50. The van der Waals surface area contributed by atoms with Crippen molar-refractivity contribution in [2.45, 2.75) is 0 Å². The van der Waals surface area contributed by atoms with E-state index < -0.39 is 5.69 Å². The highest BCUT2D eigenvalue weighted by atomic mass is 16.2. The van der Waals surface area contributed by atoms with Gasteiger partial charge in [-0.15, -0.1) is 0 Å². The van der Waals surface area contributed by atoms with Crippen molar-refractivity contribution in [3.05, 3.63) is 99.8 Å². The van der Waals surface area contributed by atoms with E-state index in [-0.39, 0.29) is 5.56 Å². The molecule has 0 N–H and O–H groups in total. The maximum atomic E-state index is 13.1. The van der Waals surface area contributed by atoms with E-state index in [1.165, 1.54) is 11.6 Å². The van der Waals surface area contributed by atoms with Crippen molar-refractivity contribution in [3.63, 3.8) is 0 Å². The molecule has 0 unspecified atom stereocenters. The van der Waals surface area contributed by atoms with Crippen LogP contribution in [-0.4, -0.2) is 23.1 Å². The Labute approximate surface area is 182 Å². The second-order valence-electron chi connectivity index (χ2n) is 7.87. The highest BCUT2D eigenvalue weighted by Crippen LogP contribution is 2.32. The third-order valence-electron chi connectivity index (χ3n) is 6.04. The molecule has 0 amide bonds. The largest absolute Gasteiger partial charge is 0.332 e. The van der Waals surface area contributed by atoms with E-state index in [0.717, 1.165) is 32.3 Å². The molecule has 6 aromatic rings. The van der Waals surface area contributed by atoms with Crippen molar-refractivity contribution in [1.82, 2.24) is 23.1 Å². The molecule has 0 spiro atoms. The molecule has 7 nitrogen and oxygen atoms in total. The quantitative estimate of drug-likeness (QED) is 0.430. The molecule has 156 valence electrons. The number of hydrogen-bond donors (Lipinski definition) is 0. The first-order valence-corrected chi connectivity index (χ1v) is 10.3. The fraction of sp³-hybridized carbons (Fsp3) is 0.0800. The Hall–Kier alpha value is -4.39. The highest BCUT2D eigenvalue weighted by molar-refractivity contribution is 5.92. The van der Waals surface area contributed by atoms with Crippen LogP contribution in [0.25, 0.3) is 44.7 Å². The first-order chi connectivity index (χ1) is 15.6. The number of imidazole rings is 2. The Morgan fingerprint density at radius 2 is 1.50 bits per heavy atom. The summed E-state index contributed by atoms with van der Waals surface area (Å²) in [5, 5.41) is 2.18. The average molecular weight is 421 g/mol. The van der Waals surface area contributed by atoms with Crippen LogP contribution < -0.4 is 11.2 Å². The van der Waals surface area contributed by atoms with Gasteiger partial charge >= 0.3 is 5.69 Å². The lowest BCUT2D eigenvalue weighted by atomic mass is 10.1. The molecule has 0 radical (unpaired) electrons. The molecule has 0 aliphatic heterocycles. The number of aromatic nitrogens is 5. The minimum absolute atomic E-state index is 0.363. The van der Waals surface area contributed by atoms with Crippen LogP contribution in [0.2, 0.25) is 0 Å². The fourth-order valence-electron chi connectivity index (χ4n) is 4.42. The SMILES string of the molecule is Cn1c(=O)c2c(nc3n(-c4cccc5ccccc45)c(-c4ccccc4)cn23)n(C)c1=O. The van der Waals surface area contributed by atoms with E-state index in [1.807, 2.05) is 60.8 Å². The van der Waals surface area contributed by atoms with Crippen LogP contribution in [0.5, 0.6) is 0 Å². The van der Waals surface area contributed by atoms with Crippen LogP contribution in [0, 0.1) is 0 Å². The molecule has 32 heavy (non-hydrogen) atoms. The lowest BCUT2D eigenvalue weighted by Crippen LogP contribution is -2.37. The Bertz CT molecular complexity index is 1780. The highest BCUT2D eigenvalue weighted by Gasteiger charge is 2.22. The molecule has 6 rings (SSSR count). The van der Waals surface area contributed by atoms with Gasteiger partial charge in [-0.25, -0.2) is 4.79 Å². The summed E-state index contributed by atoms with van der Waals surface area (Å²) in [6, 6.07) is 24.3. The molecule has 7 heteroatoms. The maximum absolute atomic E-state index is 13.1. The number of aryl methyl sites for hydroxylation is 1. The third-order valence-corrected chi connectivity index (χ3v) is 6.04. The molecule has 3 aromatic heterocycles. The van der Waals surface area contributed by atoms with Gasteiger partial charge in [-0.2, -0.15) is 4.98 Å². The minimum atomic E-state index is -0.400. The van der Waals surface area contributed by atoms with Gasteiger partial charge in [-0.1, -0.05) is 66.7 Å². The average Bonchev–Trinajstić information content (AvgIpc) is 3.38. The zero-order valence-electron chi connectivity index (χ0n) is 17.6. The van der Waals surface area contributed by atoms with Crippen molar-refractivity contribution < 1.29 is 0 Å². The van der Waals surface area contributed by atoms with Gasteiger partial charge in [0.05, 0.1) is 11.4 Å². The summed E-state index contributed by atoms with van der Waals surface area (Å²) in [4.78, 5) is 30.3. The predicted molar refractivity (Wildman–Crippen MR) is 125 cm³/mol. The van der Waals surface area contributed by atoms with Gasteiger partial charge in [0.25, 0.3) is 5.56 Å². The summed E-state index contributed by atoms with van der Waals surface area (Å²) in [7, 11) is 3.13. The lowest BCUT2D eigenvalue weighted by molar-refractivity contribution is 0.708. The van der Waals surface area contributed by atoms with E-state index in [2.05, 4.69) is 22.8 Å². The van der Waals surface area contributed by atoms with Gasteiger partial charge < -0.3 is 0 Å². The van der Waals surface area contributed by atoms with Crippen LogP contribution in [0.4, 0.5) is 0 Å². The van der Waals surface area contributed by atoms with Crippen molar-refractivity contribution in [1.29, 1.82) is 0 Å². The lowest BCUT2D eigenvalue weighted by Gasteiger charge is -2.12. The third kappa shape index (κ3) is 2.39. The van der Waals surface area contributed by atoms with E-state index in [0.29, 0.717) is 16.9 Å². The summed E-state index contributed by atoms with van der Waals surface area (Å²) in [5.41, 5.74) is 2.83. The summed E-state index contributed by atoms with van der Waals surface area (Å²) >= 11 is 0. The van der Waals surface area contributed by atoms with Gasteiger partial charge in [-0.3, -0.25) is 22.9 Å². The molecule has 0 saturated carbocycles.